The van der Waals surface area contributed by atoms with Crippen molar-refractivity contribution in [2.75, 3.05) is 39.4 Å². The number of aryl methyl sites for hydroxylation is 2. The summed E-state index contributed by atoms with van der Waals surface area (Å²) in [6.07, 6.45) is 3.88. The first kappa shape index (κ1) is 25.8. The van der Waals surface area contributed by atoms with Crippen LogP contribution in [0.5, 0.6) is 11.5 Å². The highest BCUT2D eigenvalue weighted by atomic mass is 35.5. The van der Waals surface area contributed by atoms with Crippen molar-refractivity contribution in [3.63, 3.8) is 0 Å². The summed E-state index contributed by atoms with van der Waals surface area (Å²) >= 11 is 6.18. The quantitative estimate of drug-likeness (QED) is 0.477. The van der Waals surface area contributed by atoms with E-state index in [9.17, 15) is 9.90 Å². The van der Waals surface area contributed by atoms with E-state index in [1.165, 1.54) is 5.56 Å². The smallest absolute Gasteiger partial charge is 0.222 e. The van der Waals surface area contributed by atoms with E-state index in [4.69, 9.17) is 21.1 Å². The van der Waals surface area contributed by atoms with Crippen LogP contribution in [-0.4, -0.2) is 65.8 Å². The molecule has 0 radical (unpaired) electrons. The first-order valence-electron chi connectivity index (χ1n) is 12.7. The second kappa shape index (κ2) is 11.6. The van der Waals surface area contributed by atoms with Crippen LogP contribution in [0.3, 0.4) is 0 Å². The number of aliphatic hydroxyl groups is 1. The predicted octanol–water partition coefficient (Wildman–Crippen LogP) is 4.75. The summed E-state index contributed by atoms with van der Waals surface area (Å²) in [7, 11) is 0. The van der Waals surface area contributed by atoms with Gasteiger partial charge in [-0.2, -0.15) is 0 Å². The third-order valence-electron chi connectivity index (χ3n) is 7.08. The van der Waals surface area contributed by atoms with Gasteiger partial charge in [0.25, 0.3) is 0 Å². The molecule has 0 unspecified atom stereocenters. The summed E-state index contributed by atoms with van der Waals surface area (Å²) in [6, 6.07) is 12.1. The van der Waals surface area contributed by atoms with Crippen molar-refractivity contribution >= 4 is 17.5 Å². The molecule has 2 fully saturated rings. The van der Waals surface area contributed by atoms with Crippen LogP contribution in [0.15, 0.2) is 36.4 Å². The van der Waals surface area contributed by atoms with Gasteiger partial charge in [0.15, 0.2) is 0 Å². The Morgan fingerprint density at radius 1 is 1.03 bits per heavy atom. The molecule has 0 bridgehead atoms. The van der Waals surface area contributed by atoms with E-state index in [2.05, 4.69) is 17.0 Å². The van der Waals surface area contributed by atoms with E-state index < -0.39 is 5.60 Å². The van der Waals surface area contributed by atoms with Gasteiger partial charge in [0.1, 0.15) is 23.7 Å². The van der Waals surface area contributed by atoms with E-state index in [-0.39, 0.29) is 5.91 Å². The number of hydrogen-bond donors (Lipinski definition) is 1. The number of rotatable bonds is 10. The molecule has 6 nitrogen and oxygen atoms in total. The molecule has 2 saturated heterocycles. The molecule has 0 spiro atoms. The zero-order valence-electron chi connectivity index (χ0n) is 20.9. The van der Waals surface area contributed by atoms with Crippen LogP contribution in [0.25, 0.3) is 0 Å². The van der Waals surface area contributed by atoms with E-state index in [1.54, 1.807) is 0 Å². The number of benzene rings is 2. The van der Waals surface area contributed by atoms with E-state index >= 15 is 0 Å². The Labute approximate surface area is 213 Å². The first-order chi connectivity index (χ1) is 16.8. The van der Waals surface area contributed by atoms with Gasteiger partial charge in [-0.1, -0.05) is 23.7 Å². The van der Waals surface area contributed by atoms with Gasteiger partial charge in [-0.05, 0) is 80.5 Å². The van der Waals surface area contributed by atoms with Crippen LogP contribution in [-0.2, 0) is 11.3 Å². The highest BCUT2D eigenvalue weighted by Crippen LogP contribution is 2.29. The van der Waals surface area contributed by atoms with Crippen molar-refractivity contribution in [2.45, 2.75) is 58.1 Å². The lowest BCUT2D eigenvalue weighted by Crippen LogP contribution is -2.47. The first-order valence-corrected chi connectivity index (χ1v) is 13.0. The molecular formula is C28H37ClN2O4. The van der Waals surface area contributed by atoms with Crippen LogP contribution in [0, 0.1) is 13.8 Å². The van der Waals surface area contributed by atoms with E-state index in [1.807, 2.05) is 43.0 Å². The molecule has 190 valence electrons. The summed E-state index contributed by atoms with van der Waals surface area (Å²) < 4.78 is 11.8. The molecule has 0 atom stereocenters. The highest BCUT2D eigenvalue weighted by Gasteiger charge is 2.33. The average molecular weight is 501 g/mol. The molecule has 2 aromatic rings. The third kappa shape index (κ3) is 7.12. The SMILES string of the molecule is Cc1cc(OCC2(O)CCN(Cc3ccc(OCCCN4CCCC4=O)cc3)CC2)c(C)cc1Cl. The summed E-state index contributed by atoms with van der Waals surface area (Å²) in [6.45, 7) is 9.01. The number of halogens is 1. The van der Waals surface area contributed by atoms with Crippen LogP contribution in [0.4, 0.5) is 0 Å². The standard InChI is InChI=1S/C28H37ClN2O4/c1-21-18-26(22(2)17-25(21)29)35-20-28(33)10-14-30(15-11-28)19-23-6-8-24(9-7-23)34-16-4-13-31-12-3-5-27(31)32/h6-9,17-18,33H,3-5,10-16,19-20H2,1-2H3. The van der Waals surface area contributed by atoms with Crippen molar-refractivity contribution in [1.82, 2.24) is 9.80 Å². The number of carbonyl (C=O) groups excluding carboxylic acids is 1. The minimum Gasteiger partial charge on any atom is -0.494 e. The molecule has 0 saturated carbocycles. The van der Waals surface area contributed by atoms with Crippen molar-refractivity contribution < 1.29 is 19.4 Å². The Morgan fingerprint density at radius 3 is 2.46 bits per heavy atom. The molecule has 2 aliphatic heterocycles. The molecule has 4 rings (SSSR count). The fourth-order valence-corrected chi connectivity index (χ4v) is 4.95. The van der Waals surface area contributed by atoms with Crippen LogP contribution >= 0.6 is 11.6 Å². The maximum atomic E-state index is 11.7. The van der Waals surface area contributed by atoms with Gasteiger partial charge in [0.05, 0.1) is 6.61 Å². The molecule has 1 amide bonds. The summed E-state index contributed by atoms with van der Waals surface area (Å²) in [5.74, 6) is 1.92. The molecule has 0 aliphatic carbocycles. The molecule has 7 heteroatoms. The van der Waals surface area contributed by atoms with Gasteiger partial charge in [0, 0.05) is 44.2 Å². The molecule has 2 aliphatic rings. The fraction of sp³-hybridized carbons (Fsp3) is 0.536. The average Bonchev–Trinajstić information content (AvgIpc) is 3.25. The predicted molar refractivity (Wildman–Crippen MR) is 138 cm³/mol. The zero-order valence-corrected chi connectivity index (χ0v) is 21.6. The van der Waals surface area contributed by atoms with Crippen LogP contribution in [0.2, 0.25) is 5.02 Å². The Hall–Kier alpha value is -2.28. The molecule has 2 heterocycles. The summed E-state index contributed by atoms with van der Waals surface area (Å²) in [4.78, 5) is 16.0. The Balaban J connectivity index is 1.17. The number of nitrogens with zero attached hydrogens (tertiary/aromatic N) is 2. The molecule has 0 aromatic heterocycles. The highest BCUT2D eigenvalue weighted by molar-refractivity contribution is 6.31. The third-order valence-corrected chi connectivity index (χ3v) is 7.49. The van der Waals surface area contributed by atoms with Crippen molar-refractivity contribution in [2.24, 2.45) is 0 Å². The Morgan fingerprint density at radius 2 is 1.77 bits per heavy atom. The monoisotopic (exact) mass is 500 g/mol. The van der Waals surface area contributed by atoms with Gasteiger partial charge < -0.3 is 19.5 Å². The Kier molecular flexibility index (Phi) is 8.58. The largest absolute Gasteiger partial charge is 0.494 e. The number of likely N-dealkylation sites (tertiary alicyclic amines) is 2. The summed E-state index contributed by atoms with van der Waals surface area (Å²) in [5, 5.41) is 11.8. The van der Waals surface area contributed by atoms with E-state index in [0.29, 0.717) is 32.5 Å². The van der Waals surface area contributed by atoms with Gasteiger partial charge in [-0.3, -0.25) is 9.69 Å². The van der Waals surface area contributed by atoms with E-state index in [0.717, 1.165) is 73.2 Å². The lowest BCUT2D eigenvalue weighted by atomic mass is 9.92. The minimum atomic E-state index is -0.812. The number of amides is 1. The lowest BCUT2D eigenvalue weighted by molar-refractivity contribution is -0.127. The molecule has 2 aromatic carbocycles. The van der Waals surface area contributed by atoms with Gasteiger partial charge in [-0.25, -0.2) is 0 Å². The van der Waals surface area contributed by atoms with Crippen molar-refractivity contribution in [3.8, 4) is 11.5 Å². The van der Waals surface area contributed by atoms with Gasteiger partial charge in [0.2, 0.25) is 5.91 Å². The number of ether oxygens (including phenoxy) is 2. The van der Waals surface area contributed by atoms with Crippen LogP contribution in [0.1, 0.15) is 48.8 Å². The number of carbonyl (C=O) groups is 1. The Bertz CT molecular complexity index is 1000. The zero-order chi connectivity index (χ0) is 24.8. The topological polar surface area (TPSA) is 62.2 Å². The normalized spacial score (nSPS) is 18.2. The maximum absolute atomic E-state index is 11.7. The van der Waals surface area contributed by atoms with Gasteiger partial charge >= 0.3 is 0 Å². The van der Waals surface area contributed by atoms with Gasteiger partial charge in [-0.15, -0.1) is 0 Å². The second-order valence-electron chi connectivity index (χ2n) is 9.99. The maximum Gasteiger partial charge on any atom is 0.222 e. The number of hydrogen-bond acceptors (Lipinski definition) is 5. The van der Waals surface area contributed by atoms with Crippen molar-refractivity contribution in [1.29, 1.82) is 0 Å². The minimum absolute atomic E-state index is 0.268. The molecular weight excluding hydrogens is 464 g/mol. The van der Waals surface area contributed by atoms with Crippen LogP contribution < -0.4 is 9.47 Å². The second-order valence-corrected chi connectivity index (χ2v) is 10.4. The lowest BCUT2D eigenvalue weighted by Gasteiger charge is -2.38. The van der Waals surface area contributed by atoms with Crippen molar-refractivity contribution in [3.05, 3.63) is 58.1 Å². The molecule has 1 N–H and O–H groups in total. The fourth-order valence-electron chi connectivity index (χ4n) is 4.73. The summed E-state index contributed by atoms with van der Waals surface area (Å²) in [5.41, 5.74) is 2.38. The molecule has 35 heavy (non-hydrogen) atoms. The number of piperidine rings is 1.